The van der Waals surface area contributed by atoms with Crippen LogP contribution < -0.4 is 5.32 Å². The normalized spacial score (nSPS) is 13.3. The lowest BCUT2D eigenvalue weighted by atomic mass is 10.1. The van der Waals surface area contributed by atoms with E-state index in [0.717, 1.165) is 22.7 Å². The minimum absolute atomic E-state index is 0.0490. The van der Waals surface area contributed by atoms with Gasteiger partial charge in [-0.1, -0.05) is 18.2 Å². The van der Waals surface area contributed by atoms with Crippen LogP contribution in [0, 0.1) is 0 Å². The van der Waals surface area contributed by atoms with Gasteiger partial charge in [-0.2, -0.15) is 0 Å². The van der Waals surface area contributed by atoms with Crippen LogP contribution in [0.25, 0.3) is 10.9 Å². The van der Waals surface area contributed by atoms with Crippen LogP contribution in [0.1, 0.15) is 12.5 Å². The average Bonchev–Trinajstić information content (AvgIpc) is 2.70. The van der Waals surface area contributed by atoms with Crippen LogP contribution in [-0.4, -0.2) is 37.4 Å². The van der Waals surface area contributed by atoms with Gasteiger partial charge < -0.3 is 10.3 Å². The van der Waals surface area contributed by atoms with Gasteiger partial charge in [-0.15, -0.1) is 0 Å². The number of fused-ring (bicyclic) bond motifs is 1. The zero-order valence-electron chi connectivity index (χ0n) is 11.5. The third-order valence-corrected chi connectivity index (χ3v) is 4.09. The molecule has 0 spiro atoms. The molecule has 20 heavy (non-hydrogen) atoms. The summed E-state index contributed by atoms with van der Waals surface area (Å²) < 4.78 is 22.3. The van der Waals surface area contributed by atoms with Crippen LogP contribution >= 0.6 is 0 Å². The van der Waals surface area contributed by atoms with E-state index in [1.165, 1.54) is 0 Å². The Morgan fingerprint density at radius 1 is 1.35 bits per heavy atom. The molecular formula is C14H18N2O3S. The van der Waals surface area contributed by atoms with E-state index < -0.39 is 9.84 Å². The Labute approximate surface area is 118 Å². The minimum atomic E-state index is -3.09. The highest BCUT2D eigenvalue weighted by atomic mass is 32.2. The molecule has 108 valence electrons. The number of sulfone groups is 1. The third-order valence-electron chi connectivity index (χ3n) is 2.99. The maximum absolute atomic E-state index is 11.9. The average molecular weight is 294 g/mol. The second-order valence-electron chi connectivity index (χ2n) is 5.10. The monoisotopic (exact) mass is 294 g/mol. The van der Waals surface area contributed by atoms with Crippen LogP contribution in [0.4, 0.5) is 0 Å². The van der Waals surface area contributed by atoms with E-state index in [-0.39, 0.29) is 24.1 Å². The fraction of sp³-hybridized carbons (Fsp3) is 0.357. The number of benzene rings is 1. The Morgan fingerprint density at radius 2 is 2.05 bits per heavy atom. The maximum atomic E-state index is 11.9. The largest absolute Gasteiger partial charge is 0.361 e. The number of aromatic amines is 1. The molecule has 0 saturated carbocycles. The number of hydrogen-bond acceptors (Lipinski definition) is 3. The molecule has 5 nitrogen and oxygen atoms in total. The molecule has 1 aromatic carbocycles. The highest BCUT2D eigenvalue weighted by Gasteiger charge is 2.14. The highest BCUT2D eigenvalue weighted by Crippen LogP contribution is 2.17. The van der Waals surface area contributed by atoms with Crippen LogP contribution in [0.3, 0.4) is 0 Å². The summed E-state index contributed by atoms with van der Waals surface area (Å²) >= 11 is 0. The van der Waals surface area contributed by atoms with Gasteiger partial charge in [0.1, 0.15) is 9.84 Å². The third kappa shape index (κ3) is 3.84. The Morgan fingerprint density at radius 3 is 2.75 bits per heavy atom. The van der Waals surface area contributed by atoms with Crippen LogP contribution in [0.5, 0.6) is 0 Å². The van der Waals surface area contributed by atoms with Crippen LogP contribution in [0.15, 0.2) is 30.5 Å². The summed E-state index contributed by atoms with van der Waals surface area (Å²) in [6.07, 6.45) is 3.21. The van der Waals surface area contributed by atoms with Gasteiger partial charge in [0, 0.05) is 29.4 Å². The molecule has 0 radical (unpaired) electrons. The first kappa shape index (κ1) is 14.6. The summed E-state index contributed by atoms with van der Waals surface area (Å²) in [7, 11) is -3.09. The second kappa shape index (κ2) is 5.66. The lowest BCUT2D eigenvalue weighted by molar-refractivity contribution is -0.120. The number of aromatic nitrogens is 1. The van der Waals surface area contributed by atoms with Gasteiger partial charge in [0.2, 0.25) is 5.91 Å². The van der Waals surface area contributed by atoms with Crippen molar-refractivity contribution >= 4 is 26.6 Å². The molecule has 2 rings (SSSR count). The fourth-order valence-electron chi connectivity index (χ4n) is 2.27. The van der Waals surface area contributed by atoms with Crippen molar-refractivity contribution in [2.45, 2.75) is 19.4 Å². The first-order valence-electron chi connectivity index (χ1n) is 6.37. The molecule has 0 aliphatic rings. The number of hydrogen-bond donors (Lipinski definition) is 2. The molecule has 0 fully saturated rings. The molecule has 0 aliphatic heterocycles. The van der Waals surface area contributed by atoms with Crippen molar-refractivity contribution in [3.63, 3.8) is 0 Å². The molecule has 1 unspecified atom stereocenters. The summed E-state index contributed by atoms with van der Waals surface area (Å²) in [4.78, 5) is 15.0. The summed E-state index contributed by atoms with van der Waals surface area (Å²) in [6, 6.07) is 7.36. The first-order chi connectivity index (χ1) is 9.35. The lowest BCUT2D eigenvalue weighted by Crippen LogP contribution is -2.38. The second-order valence-corrected chi connectivity index (χ2v) is 7.28. The maximum Gasteiger partial charge on any atom is 0.224 e. The number of nitrogens with one attached hydrogen (secondary N) is 2. The van der Waals surface area contributed by atoms with Gasteiger partial charge in [0.25, 0.3) is 0 Å². The number of amides is 1. The number of rotatable bonds is 5. The van der Waals surface area contributed by atoms with Crippen LogP contribution in [0.2, 0.25) is 0 Å². The van der Waals surface area contributed by atoms with E-state index >= 15 is 0 Å². The Kier molecular flexibility index (Phi) is 4.13. The Hall–Kier alpha value is -1.82. The minimum Gasteiger partial charge on any atom is -0.361 e. The predicted molar refractivity (Wildman–Crippen MR) is 79.3 cm³/mol. The smallest absolute Gasteiger partial charge is 0.224 e. The van der Waals surface area contributed by atoms with Crippen molar-refractivity contribution < 1.29 is 13.2 Å². The number of para-hydroxylation sites is 1. The molecule has 0 saturated heterocycles. The van der Waals surface area contributed by atoms with Crippen molar-refractivity contribution in [3.8, 4) is 0 Å². The van der Waals surface area contributed by atoms with Gasteiger partial charge in [-0.3, -0.25) is 4.79 Å². The standard InChI is InChI=1S/C14H18N2O3S/c1-10(9-20(2,18)19)16-14(17)7-11-8-15-13-6-4-3-5-12(11)13/h3-6,8,10,15H,7,9H2,1-2H3,(H,16,17). The molecule has 1 amide bonds. The summed E-state index contributed by atoms with van der Waals surface area (Å²) in [5.41, 5.74) is 1.89. The van der Waals surface area contributed by atoms with Crippen molar-refractivity contribution in [2.75, 3.05) is 12.0 Å². The van der Waals surface area contributed by atoms with Gasteiger partial charge in [-0.05, 0) is 18.6 Å². The molecule has 2 aromatic rings. The Bertz CT molecular complexity index is 719. The predicted octanol–water partition coefficient (Wildman–Crippen LogP) is 1.26. The molecule has 1 heterocycles. The molecule has 0 aliphatic carbocycles. The van der Waals surface area contributed by atoms with E-state index in [1.807, 2.05) is 30.5 Å². The van der Waals surface area contributed by atoms with Gasteiger partial charge in [0.05, 0.1) is 12.2 Å². The van der Waals surface area contributed by atoms with E-state index in [9.17, 15) is 13.2 Å². The van der Waals surface area contributed by atoms with Crippen LogP contribution in [-0.2, 0) is 21.1 Å². The molecular weight excluding hydrogens is 276 g/mol. The Balaban J connectivity index is 2.01. The van der Waals surface area contributed by atoms with E-state index in [0.29, 0.717) is 0 Å². The van der Waals surface area contributed by atoms with Crippen molar-refractivity contribution in [1.29, 1.82) is 0 Å². The van der Waals surface area contributed by atoms with Gasteiger partial charge in [-0.25, -0.2) is 8.42 Å². The molecule has 1 atom stereocenters. The van der Waals surface area contributed by atoms with Crippen molar-refractivity contribution in [1.82, 2.24) is 10.3 Å². The topological polar surface area (TPSA) is 79.0 Å². The zero-order chi connectivity index (χ0) is 14.8. The molecule has 6 heteroatoms. The van der Waals surface area contributed by atoms with Crippen molar-refractivity contribution in [2.24, 2.45) is 0 Å². The lowest BCUT2D eigenvalue weighted by Gasteiger charge is -2.12. The molecule has 0 bridgehead atoms. The zero-order valence-corrected chi connectivity index (χ0v) is 12.3. The molecule has 2 N–H and O–H groups in total. The summed E-state index contributed by atoms with van der Waals surface area (Å²) in [6.45, 7) is 1.69. The summed E-state index contributed by atoms with van der Waals surface area (Å²) in [5, 5.41) is 3.72. The summed E-state index contributed by atoms with van der Waals surface area (Å²) in [5.74, 6) is -0.224. The van der Waals surface area contributed by atoms with Crippen molar-refractivity contribution in [3.05, 3.63) is 36.0 Å². The highest BCUT2D eigenvalue weighted by molar-refractivity contribution is 7.90. The van der Waals surface area contributed by atoms with Gasteiger partial charge >= 0.3 is 0 Å². The van der Waals surface area contributed by atoms with Gasteiger partial charge in [0.15, 0.2) is 0 Å². The number of carbonyl (C=O) groups excluding carboxylic acids is 1. The van der Waals surface area contributed by atoms with E-state index in [4.69, 9.17) is 0 Å². The van der Waals surface area contributed by atoms with E-state index in [2.05, 4.69) is 10.3 Å². The molecule has 1 aromatic heterocycles. The SMILES string of the molecule is CC(CS(C)(=O)=O)NC(=O)Cc1c[nH]c2ccccc12. The van der Waals surface area contributed by atoms with E-state index in [1.54, 1.807) is 6.92 Å². The first-order valence-corrected chi connectivity index (χ1v) is 8.43. The quantitative estimate of drug-likeness (QED) is 0.871. The number of carbonyl (C=O) groups is 1. The fourth-order valence-corrected chi connectivity index (χ4v) is 3.26. The number of H-pyrrole nitrogens is 1.